The van der Waals surface area contributed by atoms with Crippen molar-refractivity contribution in [2.24, 2.45) is 11.8 Å². The maximum Gasteiger partial charge on any atom is 0.0810 e. The second-order valence-corrected chi connectivity index (χ2v) is 7.54. The second kappa shape index (κ2) is 7.79. The Balaban J connectivity index is 1.88. The van der Waals surface area contributed by atoms with Gasteiger partial charge in [-0.05, 0) is 76.2 Å². The molecule has 0 spiro atoms. The monoisotopic (exact) mass is 281 g/mol. The summed E-state index contributed by atoms with van der Waals surface area (Å²) in [6.45, 7) is 9.22. The van der Waals surface area contributed by atoms with Gasteiger partial charge in [-0.1, -0.05) is 20.8 Å². The topological polar surface area (TPSA) is 21.3 Å². The molecule has 0 saturated heterocycles. The first-order valence-electron chi connectivity index (χ1n) is 9.02. The van der Waals surface area contributed by atoms with Crippen LogP contribution < -0.4 is 5.32 Å². The number of ether oxygens (including phenoxy) is 1. The van der Waals surface area contributed by atoms with Gasteiger partial charge in [-0.2, -0.15) is 0 Å². The van der Waals surface area contributed by atoms with E-state index in [1.54, 1.807) is 0 Å². The highest BCUT2D eigenvalue weighted by atomic mass is 16.5. The number of hydrogen-bond donors (Lipinski definition) is 1. The third-order valence-electron chi connectivity index (χ3n) is 5.44. The molecule has 2 heteroatoms. The maximum absolute atomic E-state index is 6.70. The molecule has 0 aliphatic heterocycles. The first kappa shape index (κ1) is 16.3. The average molecular weight is 281 g/mol. The van der Waals surface area contributed by atoms with Crippen molar-refractivity contribution < 1.29 is 4.74 Å². The Hall–Kier alpha value is -0.0800. The SMILES string of the molecule is CCCNCC1(OC2CCC(C)CC2)CCC(C)CC1. The Morgan fingerprint density at radius 3 is 2.15 bits per heavy atom. The minimum absolute atomic E-state index is 0.146. The van der Waals surface area contributed by atoms with Crippen molar-refractivity contribution in [1.82, 2.24) is 5.32 Å². The van der Waals surface area contributed by atoms with Crippen molar-refractivity contribution in [2.45, 2.75) is 90.3 Å². The molecule has 2 saturated carbocycles. The standard InChI is InChI=1S/C18H35NO/c1-4-13-19-14-18(11-9-16(3)10-12-18)20-17-7-5-15(2)6-8-17/h15-17,19H,4-14H2,1-3H3. The molecule has 0 unspecified atom stereocenters. The molecule has 0 aromatic heterocycles. The molecule has 2 aliphatic carbocycles. The first-order chi connectivity index (χ1) is 9.63. The molecule has 118 valence electrons. The lowest BCUT2D eigenvalue weighted by atomic mass is 9.78. The molecule has 2 fully saturated rings. The zero-order valence-corrected chi connectivity index (χ0v) is 13.9. The van der Waals surface area contributed by atoms with E-state index in [2.05, 4.69) is 26.1 Å². The van der Waals surface area contributed by atoms with E-state index in [0.717, 1.165) is 24.9 Å². The van der Waals surface area contributed by atoms with Gasteiger partial charge in [-0.15, -0.1) is 0 Å². The Morgan fingerprint density at radius 1 is 0.950 bits per heavy atom. The van der Waals surface area contributed by atoms with Gasteiger partial charge in [-0.3, -0.25) is 0 Å². The van der Waals surface area contributed by atoms with Gasteiger partial charge < -0.3 is 10.1 Å². The van der Waals surface area contributed by atoms with Crippen LogP contribution in [0.15, 0.2) is 0 Å². The second-order valence-electron chi connectivity index (χ2n) is 7.54. The van der Waals surface area contributed by atoms with Crippen molar-refractivity contribution >= 4 is 0 Å². The average Bonchev–Trinajstić information content (AvgIpc) is 2.45. The molecule has 2 aliphatic rings. The van der Waals surface area contributed by atoms with Gasteiger partial charge in [0, 0.05) is 6.54 Å². The highest BCUT2D eigenvalue weighted by Gasteiger charge is 2.37. The molecule has 0 heterocycles. The summed E-state index contributed by atoms with van der Waals surface area (Å²) in [6.07, 6.45) is 12.2. The lowest BCUT2D eigenvalue weighted by Crippen LogP contribution is -2.48. The number of hydrogen-bond acceptors (Lipinski definition) is 2. The normalized spacial score (nSPS) is 38.9. The van der Waals surface area contributed by atoms with Gasteiger partial charge in [0.1, 0.15) is 0 Å². The van der Waals surface area contributed by atoms with Gasteiger partial charge in [0.05, 0.1) is 11.7 Å². The Labute approximate surface area is 126 Å². The van der Waals surface area contributed by atoms with Crippen LogP contribution in [-0.2, 0) is 4.74 Å². The van der Waals surface area contributed by atoms with Gasteiger partial charge in [0.25, 0.3) is 0 Å². The van der Waals surface area contributed by atoms with Crippen LogP contribution in [0, 0.1) is 11.8 Å². The lowest BCUT2D eigenvalue weighted by Gasteiger charge is -2.43. The van der Waals surface area contributed by atoms with E-state index in [0.29, 0.717) is 6.10 Å². The summed E-state index contributed by atoms with van der Waals surface area (Å²) in [6, 6.07) is 0. The maximum atomic E-state index is 6.70. The molecular weight excluding hydrogens is 246 g/mol. The van der Waals surface area contributed by atoms with E-state index < -0.39 is 0 Å². The molecule has 0 aromatic carbocycles. The van der Waals surface area contributed by atoms with E-state index in [-0.39, 0.29) is 5.60 Å². The third kappa shape index (κ3) is 4.73. The smallest absolute Gasteiger partial charge is 0.0810 e. The summed E-state index contributed by atoms with van der Waals surface area (Å²) in [5, 5.41) is 3.63. The Bertz CT molecular complexity index is 263. The van der Waals surface area contributed by atoms with Crippen LogP contribution >= 0.6 is 0 Å². The zero-order valence-electron chi connectivity index (χ0n) is 13.9. The fraction of sp³-hybridized carbons (Fsp3) is 1.00. The Morgan fingerprint density at radius 2 is 1.55 bits per heavy atom. The fourth-order valence-corrected chi connectivity index (χ4v) is 3.82. The highest BCUT2D eigenvalue weighted by Crippen LogP contribution is 2.38. The molecule has 20 heavy (non-hydrogen) atoms. The fourth-order valence-electron chi connectivity index (χ4n) is 3.82. The molecular formula is C18H35NO. The largest absolute Gasteiger partial charge is 0.370 e. The summed E-state index contributed by atoms with van der Waals surface area (Å²) in [4.78, 5) is 0. The van der Waals surface area contributed by atoms with E-state index in [1.165, 1.54) is 57.8 Å². The van der Waals surface area contributed by atoms with E-state index in [4.69, 9.17) is 4.74 Å². The van der Waals surface area contributed by atoms with E-state index in [9.17, 15) is 0 Å². The molecule has 0 bridgehead atoms. The van der Waals surface area contributed by atoms with Gasteiger partial charge >= 0.3 is 0 Å². The predicted octanol–water partition coefficient (Wildman–Crippen LogP) is 4.53. The first-order valence-corrected chi connectivity index (χ1v) is 9.02. The van der Waals surface area contributed by atoms with E-state index >= 15 is 0 Å². The van der Waals surface area contributed by atoms with Crippen molar-refractivity contribution in [2.75, 3.05) is 13.1 Å². The van der Waals surface area contributed by atoms with Crippen LogP contribution in [0.5, 0.6) is 0 Å². The summed E-state index contributed by atoms with van der Waals surface area (Å²) < 4.78 is 6.70. The van der Waals surface area contributed by atoms with Crippen LogP contribution in [0.1, 0.15) is 78.6 Å². The van der Waals surface area contributed by atoms with Crippen molar-refractivity contribution in [3.8, 4) is 0 Å². The van der Waals surface area contributed by atoms with E-state index in [1.807, 2.05) is 0 Å². The molecule has 0 atom stereocenters. The van der Waals surface area contributed by atoms with Crippen molar-refractivity contribution in [3.63, 3.8) is 0 Å². The van der Waals surface area contributed by atoms with Gasteiger partial charge in [-0.25, -0.2) is 0 Å². The van der Waals surface area contributed by atoms with Crippen LogP contribution in [-0.4, -0.2) is 24.8 Å². The molecule has 2 nitrogen and oxygen atoms in total. The van der Waals surface area contributed by atoms with Gasteiger partial charge in [0.15, 0.2) is 0 Å². The van der Waals surface area contributed by atoms with Gasteiger partial charge in [0.2, 0.25) is 0 Å². The lowest BCUT2D eigenvalue weighted by molar-refractivity contribution is -0.129. The minimum atomic E-state index is 0.146. The molecule has 0 aromatic rings. The van der Waals surface area contributed by atoms with Crippen molar-refractivity contribution in [3.05, 3.63) is 0 Å². The van der Waals surface area contributed by atoms with Crippen molar-refractivity contribution in [1.29, 1.82) is 0 Å². The summed E-state index contributed by atoms with van der Waals surface area (Å²) in [7, 11) is 0. The van der Waals surface area contributed by atoms with Crippen LogP contribution in [0.25, 0.3) is 0 Å². The van der Waals surface area contributed by atoms with Crippen LogP contribution in [0.3, 0.4) is 0 Å². The van der Waals surface area contributed by atoms with Crippen LogP contribution in [0.4, 0.5) is 0 Å². The highest BCUT2D eigenvalue weighted by molar-refractivity contribution is 4.90. The third-order valence-corrected chi connectivity index (χ3v) is 5.44. The summed E-state index contributed by atoms with van der Waals surface area (Å²) in [5.74, 6) is 1.81. The molecule has 2 rings (SSSR count). The van der Waals surface area contributed by atoms with Crippen LogP contribution in [0.2, 0.25) is 0 Å². The summed E-state index contributed by atoms with van der Waals surface area (Å²) in [5.41, 5.74) is 0.146. The minimum Gasteiger partial charge on any atom is -0.370 e. The number of rotatable bonds is 6. The summed E-state index contributed by atoms with van der Waals surface area (Å²) >= 11 is 0. The Kier molecular flexibility index (Phi) is 6.35. The number of nitrogens with one attached hydrogen (secondary N) is 1. The molecule has 0 amide bonds. The molecule has 0 radical (unpaired) electrons. The quantitative estimate of drug-likeness (QED) is 0.722. The zero-order chi connectivity index (χ0) is 14.4. The molecule has 1 N–H and O–H groups in total. The predicted molar refractivity (Wildman–Crippen MR) is 86.0 cm³/mol.